The summed E-state index contributed by atoms with van der Waals surface area (Å²) in [6.07, 6.45) is 1.08. The highest BCUT2D eigenvalue weighted by atomic mass is 16.2. The predicted octanol–water partition coefficient (Wildman–Crippen LogP) is 0.961. The molecular weight excluding hydrogens is 278 g/mol. The van der Waals surface area contributed by atoms with Crippen LogP contribution in [0, 0.1) is 6.92 Å². The average Bonchev–Trinajstić information content (AvgIpc) is 3.14. The minimum atomic E-state index is 0.146. The van der Waals surface area contributed by atoms with Gasteiger partial charge in [0.1, 0.15) is 0 Å². The number of likely N-dealkylation sites (tertiary alicyclic amines) is 1. The van der Waals surface area contributed by atoms with E-state index < -0.39 is 0 Å². The molecule has 6 nitrogen and oxygen atoms in total. The van der Waals surface area contributed by atoms with Crippen LogP contribution >= 0.6 is 0 Å². The summed E-state index contributed by atoms with van der Waals surface area (Å²) in [5.74, 6) is 0.406. The molecular formula is C16H27N5O. The van der Waals surface area contributed by atoms with Crippen molar-refractivity contribution in [1.29, 1.82) is 0 Å². The van der Waals surface area contributed by atoms with Crippen LogP contribution < -0.4 is 5.32 Å². The molecule has 2 fully saturated rings. The second-order valence-electron chi connectivity index (χ2n) is 6.74. The highest BCUT2D eigenvalue weighted by Crippen LogP contribution is 2.24. The molecule has 0 aliphatic carbocycles. The summed E-state index contributed by atoms with van der Waals surface area (Å²) in [6, 6.07) is 0.515. The molecule has 122 valence electrons. The first kappa shape index (κ1) is 15.5. The lowest BCUT2D eigenvalue weighted by Crippen LogP contribution is -2.49. The number of H-pyrrole nitrogens is 1. The van der Waals surface area contributed by atoms with E-state index in [1.807, 2.05) is 11.8 Å². The van der Waals surface area contributed by atoms with E-state index in [0.29, 0.717) is 6.04 Å². The Hall–Kier alpha value is -1.40. The second kappa shape index (κ2) is 6.38. The first-order valence-electron chi connectivity index (χ1n) is 8.37. The van der Waals surface area contributed by atoms with Crippen LogP contribution in [0.3, 0.4) is 0 Å². The topological polar surface area (TPSA) is 64.3 Å². The molecule has 1 aromatic heterocycles. The second-order valence-corrected chi connectivity index (χ2v) is 6.74. The summed E-state index contributed by atoms with van der Waals surface area (Å²) in [5.41, 5.74) is 2.57. The van der Waals surface area contributed by atoms with Gasteiger partial charge in [0.15, 0.2) is 0 Å². The maximum absolute atomic E-state index is 12.9. The van der Waals surface area contributed by atoms with Crippen LogP contribution in [0.1, 0.15) is 47.9 Å². The summed E-state index contributed by atoms with van der Waals surface area (Å²) in [4.78, 5) is 17.5. The molecule has 2 saturated heterocycles. The normalized spacial score (nSPS) is 23.5. The van der Waals surface area contributed by atoms with Crippen molar-refractivity contribution in [1.82, 2.24) is 25.3 Å². The SMILES string of the molecule is Cc1[nH]nc(C(C)C)c1C(=O)N1CCC(N2CCNCC2)C1. The Bertz CT molecular complexity index is 533. The van der Waals surface area contributed by atoms with Crippen LogP contribution in [0.2, 0.25) is 0 Å². The fraction of sp³-hybridized carbons (Fsp3) is 0.750. The molecule has 1 unspecified atom stereocenters. The monoisotopic (exact) mass is 305 g/mol. The quantitative estimate of drug-likeness (QED) is 0.873. The van der Waals surface area contributed by atoms with Crippen molar-refractivity contribution < 1.29 is 4.79 Å². The Morgan fingerprint density at radius 3 is 2.68 bits per heavy atom. The van der Waals surface area contributed by atoms with Gasteiger partial charge in [0, 0.05) is 51.0 Å². The largest absolute Gasteiger partial charge is 0.337 e. The van der Waals surface area contributed by atoms with Crippen LogP contribution in [0.25, 0.3) is 0 Å². The number of piperazine rings is 1. The number of aryl methyl sites for hydroxylation is 1. The highest BCUT2D eigenvalue weighted by molar-refractivity contribution is 5.96. The average molecular weight is 305 g/mol. The van der Waals surface area contributed by atoms with Crippen LogP contribution in [-0.2, 0) is 0 Å². The molecule has 3 rings (SSSR count). The highest BCUT2D eigenvalue weighted by Gasteiger charge is 2.33. The molecule has 0 aromatic carbocycles. The van der Waals surface area contributed by atoms with Crippen LogP contribution in [0.4, 0.5) is 0 Å². The summed E-state index contributed by atoms with van der Waals surface area (Å²) in [6.45, 7) is 12.1. The van der Waals surface area contributed by atoms with Crippen LogP contribution in [0.15, 0.2) is 0 Å². The molecule has 2 aliphatic rings. The first-order chi connectivity index (χ1) is 10.6. The van der Waals surface area contributed by atoms with E-state index in [-0.39, 0.29) is 11.8 Å². The number of nitrogens with one attached hydrogen (secondary N) is 2. The summed E-state index contributed by atoms with van der Waals surface area (Å²) >= 11 is 0. The number of aromatic nitrogens is 2. The molecule has 0 bridgehead atoms. The number of rotatable bonds is 3. The fourth-order valence-corrected chi connectivity index (χ4v) is 3.57. The van der Waals surface area contributed by atoms with Gasteiger partial charge in [0.25, 0.3) is 5.91 Å². The predicted molar refractivity (Wildman–Crippen MR) is 86.2 cm³/mol. The lowest BCUT2D eigenvalue weighted by Gasteiger charge is -2.32. The molecule has 1 atom stereocenters. The molecule has 0 radical (unpaired) electrons. The Balaban J connectivity index is 1.70. The Labute approximate surface area is 132 Å². The Morgan fingerprint density at radius 1 is 1.27 bits per heavy atom. The van der Waals surface area contributed by atoms with Gasteiger partial charge in [0.05, 0.1) is 11.3 Å². The van der Waals surface area contributed by atoms with Gasteiger partial charge in [0.2, 0.25) is 0 Å². The van der Waals surface area contributed by atoms with E-state index in [0.717, 1.165) is 62.6 Å². The van der Waals surface area contributed by atoms with Gasteiger partial charge in [-0.05, 0) is 19.3 Å². The van der Waals surface area contributed by atoms with Gasteiger partial charge in [-0.25, -0.2) is 0 Å². The van der Waals surface area contributed by atoms with E-state index in [1.54, 1.807) is 0 Å². The van der Waals surface area contributed by atoms with Crippen molar-refractivity contribution in [3.8, 4) is 0 Å². The van der Waals surface area contributed by atoms with E-state index in [2.05, 4.69) is 34.3 Å². The number of nitrogens with zero attached hydrogens (tertiary/aromatic N) is 3. The van der Waals surface area contributed by atoms with Gasteiger partial charge in [-0.2, -0.15) is 5.10 Å². The molecule has 2 N–H and O–H groups in total. The van der Waals surface area contributed by atoms with Gasteiger partial charge in [-0.1, -0.05) is 13.8 Å². The summed E-state index contributed by atoms with van der Waals surface area (Å²) < 4.78 is 0. The van der Waals surface area contributed by atoms with Crippen molar-refractivity contribution in [2.24, 2.45) is 0 Å². The number of hydrogen-bond acceptors (Lipinski definition) is 4. The number of carbonyl (C=O) groups excluding carboxylic acids is 1. The summed E-state index contributed by atoms with van der Waals surface area (Å²) in [5, 5.41) is 10.7. The summed E-state index contributed by atoms with van der Waals surface area (Å²) in [7, 11) is 0. The molecule has 0 saturated carbocycles. The van der Waals surface area contributed by atoms with E-state index in [1.165, 1.54) is 0 Å². The molecule has 6 heteroatoms. The van der Waals surface area contributed by atoms with Crippen LogP contribution in [-0.4, -0.2) is 71.2 Å². The van der Waals surface area contributed by atoms with Crippen molar-refractivity contribution in [3.05, 3.63) is 17.0 Å². The number of carbonyl (C=O) groups is 1. The number of aromatic amines is 1. The van der Waals surface area contributed by atoms with E-state index in [4.69, 9.17) is 0 Å². The maximum Gasteiger partial charge on any atom is 0.257 e. The smallest absolute Gasteiger partial charge is 0.257 e. The number of amides is 1. The standard InChI is InChI=1S/C16H27N5O/c1-11(2)15-14(12(3)18-19-15)16(22)21-7-4-13(10-21)20-8-5-17-6-9-20/h11,13,17H,4-10H2,1-3H3,(H,18,19). The van der Waals surface area contributed by atoms with Gasteiger partial charge in [-0.3, -0.25) is 14.8 Å². The lowest BCUT2D eigenvalue weighted by molar-refractivity contribution is 0.0771. The third kappa shape index (κ3) is 2.90. The minimum absolute atomic E-state index is 0.146. The molecule has 1 aromatic rings. The van der Waals surface area contributed by atoms with Gasteiger partial charge < -0.3 is 10.2 Å². The van der Waals surface area contributed by atoms with Crippen molar-refractivity contribution >= 4 is 5.91 Å². The maximum atomic E-state index is 12.9. The lowest BCUT2D eigenvalue weighted by atomic mass is 10.0. The van der Waals surface area contributed by atoms with Crippen molar-refractivity contribution in [2.45, 2.75) is 39.2 Å². The third-order valence-corrected chi connectivity index (χ3v) is 4.85. The zero-order valence-electron chi connectivity index (χ0n) is 13.9. The van der Waals surface area contributed by atoms with Gasteiger partial charge in [-0.15, -0.1) is 0 Å². The van der Waals surface area contributed by atoms with E-state index in [9.17, 15) is 4.79 Å². The molecule has 22 heavy (non-hydrogen) atoms. The first-order valence-corrected chi connectivity index (χ1v) is 8.37. The van der Waals surface area contributed by atoms with Crippen molar-refractivity contribution in [3.63, 3.8) is 0 Å². The fourth-order valence-electron chi connectivity index (χ4n) is 3.57. The zero-order chi connectivity index (χ0) is 15.7. The Kier molecular flexibility index (Phi) is 4.49. The van der Waals surface area contributed by atoms with Crippen molar-refractivity contribution in [2.75, 3.05) is 39.3 Å². The zero-order valence-corrected chi connectivity index (χ0v) is 13.9. The van der Waals surface area contributed by atoms with E-state index >= 15 is 0 Å². The molecule has 0 spiro atoms. The Morgan fingerprint density at radius 2 is 2.00 bits per heavy atom. The number of hydrogen-bond donors (Lipinski definition) is 2. The third-order valence-electron chi connectivity index (χ3n) is 4.85. The van der Waals surface area contributed by atoms with Crippen LogP contribution in [0.5, 0.6) is 0 Å². The van der Waals surface area contributed by atoms with Gasteiger partial charge >= 0.3 is 0 Å². The minimum Gasteiger partial charge on any atom is -0.337 e. The molecule has 3 heterocycles. The molecule has 1 amide bonds. The molecule has 2 aliphatic heterocycles.